The van der Waals surface area contributed by atoms with Crippen LogP contribution in [0, 0.1) is 0 Å². The van der Waals surface area contributed by atoms with Gasteiger partial charge in [-0.1, -0.05) is 29.6 Å². The highest BCUT2D eigenvalue weighted by atomic mass is 32.1. The molecule has 53 heavy (non-hydrogen) atoms. The molecule has 2 saturated heterocycles. The van der Waals surface area contributed by atoms with E-state index in [1.807, 2.05) is 45.0 Å². The lowest BCUT2D eigenvalue weighted by Gasteiger charge is -2.28. The number of benzene rings is 2. The maximum absolute atomic E-state index is 12.2. The van der Waals surface area contributed by atoms with Gasteiger partial charge in [-0.3, -0.25) is 4.90 Å². The Morgan fingerprint density at radius 2 is 1.25 bits per heavy atom. The van der Waals surface area contributed by atoms with Gasteiger partial charge in [0.1, 0.15) is 10.6 Å². The number of nitrogens with zero attached hydrogens (tertiary/aromatic N) is 11. The standard InChI is InChI=1S/C18H23N7O4S.C14H16N6O2S/c1-18(2,3)28-17(26)24(4)16-21-20-15(30-16)19-11-5-6-12(14-13(11)22-29-23-14)25-7-9-27-10-8-25;1-2-11-16-17-14(23-11)15-9-3-4-10(13-12(9)18-22-19-13)20-5-7-21-8-6-20/h5-6H,7-10H2,1-4H3,(H,19,20);3-4H,2,5-8H2,1H3,(H,15,17). The first-order valence-electron chi connectivity index (χ1n) is 17.0. The van der Waals surface area contributed by atoms with Crippen LogP contribution in [-0.4, -0.2) is 112 Å². The molecule has 2 fully saturated rings. The zero-order valence-corrected chi connectivity index (χ0v) is 31.5. The van der Waals surface area contributed by atoms with Crippen molar-refractivity contribution >= 4 is 89.0 Å². The SMILES string of the molecule is CCc1nnc(Nc2ccc(N3CCOCC3)c3nonc23)s1.CN(C(=O)OC(C)(C)C)c1nnc(Nc2ccc(N3CCOCC3)c3nonc23)s1. The van der Waals surface area contributed by atoms with E-state index in [1.165, 1.54) is 27.6 Å². The van der Waals surface area contributed by atoms with E-state index in [2.05, 4.69) is 68.4 Å². The largest absolute Gasteiger partial charge is 0.443 e. The van der Waals surface area contributed by atoms with E-state index < -0.39 is 11.7 Å². The number of amides is 1. The van der Waals surface area contributed by atoms with Crippen LogP contribution >= 0.6 is 22.7 Å². The molecule has 8 rings (SSSR count). The molecule has 0 saturated carbocycles. The van der Waals surface area contributed by atoms with Gasteiger partial charge in [-0.2, -0.15) is 0 Å². The van der Waals surface area contributed by atoms with Gasteiger partial charge in [0, 0.05) is 33.2 Å². The number of carbonyl (C=O) groups excluding carboxylic acids is 1. The number of nitrogens with one attached hydrogen (secondary N) is 2. The smallest absolute Gasteiger partial charge is 0.416 e. The zero-order chi connectivity index (χ0) is 37.0. The van der Waals surface area contributed by atoms with E-state index in [-0.39, 0.29) is 0 Å². The molecule has 0 spiro atoms. The second-order valence-corrected chi connectivity index (χ2v) is 14.9. The fourth-order valence-electron chi connectivity index (χ4n) is 5.51. The maximum Gasteiger partial charge on any atom is 0.416 e. The highest BCUT2D eigenvalue weighted by Gasteiger charge is 2.24. The molecule has 0 bridgehead atoms. The summed E-state index contributed by atoms with van der Waals surface area (Å²) in [6.07, 6.45) is 0.374. The summed E-state index contributed by atoms with van der Waals surface area (Å²) < 4.78 is 26.1. The van der Waals surface area contributed by atoms with E-state index >= 15 is 0 Å². The predicted octanol–water partition coefficient (Wildman–Crippen LogP) is 5.24. The third-order valence-electron chi connectivity index (χ3n) is 8.11. The molecular weight excluding hydrogens is 727 g/mol. The Balaban J connectivity index is 0.000000170. The Kier molecular flexibility index (Phi) is 10.8. The Labute approximate surface area is 311 Å². The lowest BCUT2D eigenvalue weighted by atomic mass is 10.2. The van der Waals surface area contributed by atoms with Crippen molar-refractivity contribution in [3.8, 4) is 0 Å². The molecule has 6 aromatic rings. The molecule has 2 aliphatic heterocycles. The molecular formula is C32H39N13O6S2. The fraction of sp³-hybridized carbons (Fsp3) is 0.469. The molecule has 6 heterocycles. The number of morpholine rings is 2. The quantitative estimate of drug-likeness (QED) is 0.203. The Morgan fingerprint density at radius 3 is 1.74 bits per heavy atom. The highest BCUT2D eigenvalue weighted by Crippen LogP contribution is 2.35. The fourth-order valence-corrected chi connectivity index (χ4v) is 6.92. The lowest BCUT2D eigenvalue weighted by Crippen LogP contribution is -2.36. The number of hydrogen-bond donors (Lipinski definition) is 2. The van der Waals surface area contributed by atoms with Crippen LogP contribution < -0.4 is 25.3 Å². The van der Waals surface area contributed by atoms with Gasteiger partial charge < -0.3 is 34.6 Å². The van der Waals surface area contributed by atoms with Crippen molar-refractivity contribution in [2.24, 2.45) is 0 Å². The van der Waals surface area contributed by atoms with Gasteiger partial charge >= 0.3 is 6.09 Å². The molecule has 4 aromatic heterocycles. The van der Waals surface area contributed by atoms with E-state index in [4.69, 9.17) is 23.5 Å². The molecule has 280 valence electrons. The van der Waals surface area contributed by atoms with Crippen LogP contribution in [0.25, 0.3) is 22.1 Å². The first-order chi connectivity index (χ1) is 25.7. The van der Waals surface area contributed by atoms with E-state index in [9.17, 15) is 4.79 Å². The number of aromatic nitrogens is 8. The third-order valence-corrected chi connectivity index (χ3v) is 10.0. The van der Waals surface area contributed by atoms with Crippen molar-refractivity contribution in [3.05, 3.63) is 29.3 Å². The summed E-state index contributed by atoms with van der Waals surface area (Å²) in [5.41, 5.74) is 5.57. The molecule has 21 heteroatoms. The number of ether oxygens (including phenoxy) is 3. The average molecular weight is 766 g/mol. The van der Waals surface area contributed by atoms with Crippen molar-refractivity contribution < 1.29 is 28.3 Å². The maximum atomic E-state index is 12.2. The second-order valence-electron chi connectivity index (χ2n) is 12.9. The minimum atomic E-state index is -0.592. The number of fused-ring (bicyclic) bond motifs is 2. The first-order valence-corrected chi connectivity index (χ1v) is 18.6. The van der Waals surface area contributed by atoms with Crippen molar-refractivity contribution in [1.29, 1.82) is 0 Å². The molecule has 2 N–H and O–H groups in total. The van der Waals surface area contributed by atoms with Gasteiger partial charge in [0.15, 0.2) is 22.1 Å². The monoisotopic (exact) mass is 765 g/mol. The Morgan fingerprint density at radius 1 is 0.755 bits per heavy atom. The van der Waals surface area contributed by atoms with Crippen LogP contribution in [0.15, 0.2) is 33.5 Å². The van der Waals surface area contributed by atoms with Crippen LogP contribution in [0.3, 0.4) is 0 Å². The van der Waals surface area contributed by atoms with Crippen molar-refractivity contribution in [2.75, 3.05) is 85.0 Å². The molecule has 0 unspecified atom stereocenters. The van der Waals surface area contributed by atoms with Crippen LogP contribution in [0.4, 0.5) is 42.9 Å². The minimum absolute atomic E-state index is 0.409. The summed E-state index contributed by atoms with van der Waals surface area (Å²) in [7, 11) is 1.59. The number of carbonyl (C=O) groups is 1. The molecule has 0 radical (unpaired) electrons. The van der Waals surface area contributed by atoms with Gasteiger partial charge in [0.2, 0.25) is 15.4 Å². The van der Waals surface area contributed by atoms with Gasteiger partial charge in [-0.15, -0.1) is 20.4 Å². The van der Waals surface area contributed by atoms with Gasteiger partial charge in [-0.05, 0) is 72.1 Å². The van der Waals surface area contributed by atoms with Crippen molar-refractivity contribution in [2.45, 2.75) is 39.7 Å². The average Bonchev–Trinajstić information content (AvgIpc) is 4.00. The summed E-state index contributed by atoms with van der Waals surface area (Å²) in [4.78, 5) is 18.0. The summed E-state index contributed by atoms with van der Waals surface area (Å²) in [5, 5.41) is 41.8. The summed E-state index contributed by atoms with van der Waals surface area (Å²) >= 11 is 2.75. The minimum Gasteiger partial charge on any atom is -0.443 e. The molecule has 0 aliphatic carbocycles. The number of anilines is 7. The topological polar surface area (TPSA) is 208 Å². The molecule has 1 amide bonds. The van der Waals surface area contributed by atoms with E-state index in [0.717, 1.165) is 78.5 Å². The second kappa shape index (κ2) is 15.8. The Bertz CT molecular complexity index is 2150. The molecule has 2 aromatic carbocycles. The third kappa shape index (κ3) is 8.37. The number of hydrogen-bond acceptors (Lipinski definition) is 20. The number of aryl methyl sites for hydroxylation is 1. The van der Waals surface area contributed by atoms with Crippen LogP contribution in [0.1, 0.15) is 32.7 Å². The summed E-state index contributed by atoms with van der Waals surface area (Å²) in [6.45, 7) is 13.5. The van der Waals surface area contributed by atoms with Gasteiger partial charge in [0.05, 0.1) is 49.2 Å². The number of rotatable bonds is 8. The van der Waals surface area contributed by atoms with Crippen molar-refractivity contribution in [1.82, 2.24) is 41.0 Å². The summed E-state index contributed by atoms with van der Waals surface area (Å²) in [6, 6.07) is 7.87. The predicted molar refractivity (Wildman–Crippen MR) is 200 cm³/mol. The highest BCUT2D eigenvalue weighted by molar-refractivity contribution is 7.19. The van der Waals surface area contributed by atoms with E-state index in [1.54, 1.807) is 7.05 Å². The van der Waals surface area contributed by atoms with Crippen LogP contribution in [-0.2, 0) is 20.6 Å². The van der Waals surface area contributed by atoms with Gasteiger partial charge in [-0.25, -0.2) is 14.1 Å². The van der Waals surface area contributed by atoms with Gasteiger partial charge in [0.25, 0.3) is 0 Å². The van der Waals surface area contributed by atoms with Crippen molar-refractivity contribution in [3.63, 3.8) is 0 Å². The Hall–Kier alpha value is -5.25. The molecule has 19 nitrogen and oxygen atoms in total. The normalized spacial score (nSPS) is 15.0. The van der Waals surface area contributed by atoms with Crippen LogP contribution in [0.2, 0.25) is 0 Å². The lowest BCUT2D eigenvalue weighted by molar-refractivity contribution is 0.0589. The van der Waals surface area contributed by atoms with E-state index in [0.29, 0.717) is 45.7 Å². The molecule has 0 atom stereocenters. The first kappa shape index (κ1) is 36.1. The summed E-state index contributed by atoms with van der Waals surface area (Å²) in [5.74, 6) is 0. The van der Waals surface area contributed by atoms with Crippen LogP contribution in [0.5, 0.6) is 0 Å². The molecule has 2 aliphatic rings. The zero-order valence-electron chi connectivity index (χ0n) is 29.9.